The summed E-state index contributed by atoms with van der Waals surface area (Å²) in [6.45, 7) is 7.16. The van der Waals surface area contributed by atoms with Gasteiger partial charge >= 0.3 is 0 Å². The second-order valence-corrected chi connectivity index (χ2v) is 10.7. The van der Waals surface area contributed by atoms with Gasteiger partial charge in [0, 0.05) is 32.7 Å². The van der Waals surface area contributed by atoms with Crippen LogP contribution in [-0.2, 0) is 21.4 Å². The fourth-order valence-electron chi connectivity index (χ4n) is 4.35. The highest BCUT2D eigenvalue weighted by Gasteiger charge is 2.30. The molecule has 4 rings (SSSR count). The molecule has 1 fully saturated rings. The molecule has 1 aliphatic heterocycles. The van der Waals surface area contributed by atoms with Gasteiger partial charge in [-0.05, 0) is 54.8 Å². The summed E-state index contributed by atoms with van der Waals surface area (Å²) in [6, 6.07) is 24.2. The van der Waals surface area contributed by atoms with Crippen LogP contribution in [0, 0.1) is 13.8 Å². The van der Waals surface area contributed by atoms with Gasteiger partial charge in [0.1, 0.15) is 6.54 Å². The van der Waals surface area contributed by atoms with Crippen LogP contribution in [0.2, 0.25) is 0 Å². The lowest BCUT2D eigenvalue weighted by Crippen LogP contribution is -2.51. The minimum absolute atomic E-state index is 0. The Hall–Kier alpha value is -3.16. The van der Waals surface area contributed by atoms with Gasteiger partial charge in [-0.25, -0.2) is 8.42 Å². The molecule has 0 aromatic heterocycles. The smallest absolute Gasteiger partial charge is 0.264 e. The van der Waals surface area contributed by atoms with Gasteiger partial charge in [-0.15, -0.1) is 0 Å². The van der Waals surface area contributed by atoms with Crippen molar-refractivity contribution < 1.29 is 13.2 Å². The summed E-state index contributed by atoms with van der Waals surface area (Å²) in [5, 5.41) is 0. The highest BCUT2D eigenvalue weighted by Crippen LogP contribution is 2.26. The van der Waals surface area contributed by atoms with Crippen molar-refractivity contribution in [1.29, 1.82) is 0 Å². The van der Waals surface area contributed by atoms with Gasteiger partial charge < -0.3 is 4.90 Å². The molecule has 0 unspecified atom stereocenters. The molecule has 6 nitrogen and oxygen atoms in total. The van der Waals surface area contributed by atoms with Crippen molar-refractivity contribution in [1.82, 2.24) is 9.80 Å². The Morgan fingerprint density at radius 2 is 1.37 bits per heavy atom. The number of carbonyl (C=O) groups is 1. The van der Waals surface area contributed by atoms with Crippen molar-refractivity contribution in [3.63, 3.8) is 0 Å². The van der Waals surface area contributed by atoms with E-state index in [1.807, 2.05) is 50.2 Å². The van der Waals surface area contributed by atoms with Gasteiger partial charge in [0.2, 0.25) is 5.91 Å². The standard InChI is InChI=1S/C27H31N3O3S.CH4/c1-22-17-23(2)19-25(18-22)30(34(32,33)26-11-7-4-8-12-26)21-27(31)29-15-13-28(14-16-29)20-24-9-5-3-6-10-24;/h3-12,17-19H,13-16,20-21H2,1-2H3;1H4. The first kappa shape index (κ1) is 26.4. The summed E-state index contributed by atoms with van der Waals surface area (Å²) in [4.78, 5) is 17.6. The Morgan fingerprint density at radius 3 is 1.94 bits per heavy atom. The first-order valence-corrected chi connectivity index (χ1v) is 13.0. The molecule has 0 radical (unpaired) electrons. The summed E-state index contributed by atoms with van der Waals surface area (Å²) >= 11 is 0. The zero-order chi connectivity index (χ0) is 24.1. The number of piperazine rings is 1. The second kappa shape index (κ2) is 11.5. The molecule has 1 amide bonds. The van der Waals surface area contributed by atoms with Crippen LogP contribution in [0.5, 0.6) is 0 Å². The fraction of sp³-hybridized carbons (Fsp3) is 0.321. The van der Waals surface area contributed by atoms with Gasteiger partial charge in [0.15, 0.2) is 0 Å². The molecule has 1 aliphatic rings. The maximum absolute atomic E-state index is 13.6. The van der Waals surface area contributed by atoms with Gasteiger partial charge in [0.25, 0.3) is 10.0 Å². The molecule has 0 aliphatic carbocycles. The van der Waals surface area contributed by atoms with Crippen molar-refractivity contribution in [2.75, 3.05) is 37.0 Å². The van der Waals surface area contributed by atoms with Crippen molar-refractivity contribution in [3.05, 3.63) is 95.6 Å². The van der Waals surface area contributed by atoms with E-state index in [2.05, 4.69) is 17.0 Å². The Balaban J connectivity index is 0.00000342. The minimum atomic E-state index is -3.90. The Labute approximate surface area is 209 Å². The summed E-state index contributed by atoms with van der Waals surface area (Å²) in [6.07, 6.45) is 0. The van der Waals surface area contributed by atoms with Gasteiger partial charge in [-0.2, -0.15) is 0 Å². The molecular weight excluding hydrogens is 458 g/mol. The zero-order valence-electron chi connectivity index (χ0n) is 19.7. The number of hydrogen-bond donors (Lipinski definition) is 0. The number of rotatable bonds is 7. The van der Waals surface area contributed by atoms with E-state index in [0.717, 1.165) is 30.8 Å². The molecule has 0 N–H and O–H groups in total. The minimum Gasteiger partial charge on any atom is -0.339 e. The maximum Gasteiger partial charge on any atom is 0.264 e. The average Bonchev–Trinajstić information content (AvgIpc) is 2.83. The quantitative estimate of drug-likeness (QED) is 0.487. The van der Waals surface area contributed by atoms with E-state index in [0.29, 0.717) is 18.8 Å². The molecule has 7 heteroatoms. The van der Waals surface area contributed by atoms with E-state index in [1.165, 1.54) is 9.87 Å². The molecule has 1 saturated heterocycles. The van der Waals surface area contributed by atoms with E-state index in [9.17, 15) is 13.2 Å². The van der Waals surface area contributed by atoms with Crippen molar-refractivity contribution in [2.24, 2.45) is 0 Å². The first-order chi connectivity index (χ1) is 16.3. The summed E-state index contributed by atoms with van der Waals surface area (Å²) in [5.74, 6) is -0.182. The monoisotopic (exact) mass is 493 g/mol. The predicted molar refractivity (Wildman–Crippen MR) is 142 cm³/mol. The average molecular weight is 494 g/mol. The largest absolute Gasteiger partial charge is 0.339 e. The summed E-state index contributed by atoms with van der Waals surface area (Å²) < 4.78 is 28.4. The van der Waals surface area contributed by atoms with Crippen LogP contribution >= 0.6 is 0 Å². The van der Waals surface area contributed by atoms with Crippen LogP contribution in [0.1, 0.15) is 24.1 Å². The first-order valence-electron chi connectivity index (χ1n) is 11.5. The van der Waals surface area contributed by atoms with E-state index in [4.69, 9.17) is 0 Å². The number of sulfonamides is 1. The van der Waals surface area contributed by atoms with E-state index >= 15 is 0 Å². The normalized spacial score (nSPS) is 14.3. The molecule has 186 valence electrons. The van der Waals surface area contributed by atoms with Crippen LogP contribution in [0.4, 0.5) is 5.69 Å². The van der Waals surface area contributed by atoms with Crippen molar-refractivity contribution in [2.45, 2.75) is 32.7 Å². The van der Waals surface area contributed by atoms with E-state index in [1.54, 1.807) is 35.2 Å². The van der Waals surface area contributed by atoms with E-state index < -0.39 is 10.0 Å². The molecule has 3 aromatic carbocycles. The highest BCUT2D eigenvalue weighted by atomic mass is 32.2. The third-order valence-electron chi connectivity index (χ3n) is 6.08. The number of anilines is 1. The summed E-state index contributed by atoms with van der Waals surface area (Å²) in [7, 11) is -3.90. The van der Waals surface area contributed by atoms with Crippen LogP contribution in [-0.4, -0.2) is 56.8 Å². The van der Waals surface area contributed by atoms with E-state index in [-0.39, 0.29) is 24.8 Å². The molecule has 3 aromatic rings. The zero-order valence-corrected chi connectivity index (χ0v) is 20.5. The highest BCUT2D eigenvalue weighted by molar-refractivity contribution is 7.92. The van der Waals surface area contributed by atoms with Crippen LogP contribution < -0.4 is 4.31 Å². The van der Waals surface area contributed by atoms with Crippen molar-refractivity contribution in [3.8, 4) is 0 Å². The summed E-state index contributed by atoms with van der Waals surface area (Å²) in [5.41, 5.74) is 3.66. The topological polar surface area (TPSA) is 60.9 Å². The Bertz CT molecular complexity index is 1200. The number of aryl methyl sites for hydroxylation is 2. The van der Waals surface area contributed by atoms with Crippen LogP contribution in [0.15, 0.2) is 83.8 Å². The lowest BCUT2D eigenvalue weighted by Gasteiger charge is -2.36. The number of benzene rings is 3. The lowest BCUT2D eigenvalue weighted by atomic mass is 10.1. The fourth-order valence-corrected chi connectivity index (χ4v) is 5.77. The third kappa shape index (κ3) is 6.50. The Kier molecular flexibility index (Phi) is 8.70. The Morgan fingerprint density at radius 1 is 0.829 bits per heavy atom. The molecule has 0 atom stereocenters. The third-order valence-corrected chi connectivity index (χ3v) is 7.87. The van der Waals surface area contributed by atoms with Crippen LogP contribution in [0.25, 0.3) is 0 Å². The maximum atomic E-state index is 13.6. The molecule has 35 heavy (non-hydrogen) atoms. The molecule has 0 bridgehead atoms. The van der Waals surface area contributed by atoms with Crippen LogP contribution in [0.3, 0.4) is 0 Å². The number of hydrogen-bond acceptors (Lipinski definition) is 4. The number of nitrogens with zero attached hydrogens (tertiary/aromatic N) is 3. The molecular formula is C28H35N3O3S. The van der Waals surface area contributed by atoms with Gasteiger partial charge in [0.05, 0.1) is 10.6 Å². The second-order valence-electron chi connectivity index (χ2n) is 8.81. The van der Waals surface area contributed by atoms with Crippen molar-refractivity contribution >= 4 is 21.6 Å². The molecule has 1 heterocycles. The SMILES string of the molecule is C.Cc1cc(C)cc(N(CC(=O)N2CCN(Cc3ccccc3)CC2)S(=O)(=O)c2ccccc2)c1. The molecule has 0 spiro atoms. The number of carbonyl (C=O) groups excluding carboxylic acids is 1. The molecule has 0 saturated carbocycles. The van der Waals surface area contributed by atoms with Gasteiger partial charge in [-0.3, -0.25) is 14.0 Å². The predicted octanol–water partition coefficient (Wildman–Crippen LogP) is 4.48. The lowest BCUT2D eigenvalue weighted by molar-refractivity contribution is -0.131. The number of amides is 1. The van der Waals surface area contributed by atoms with Gasteiger partial charge in [-0.1, -0.05) is 62.0 Å².